The van der Waals surface area contributed by atoms with Gasteiger partial charge in [-0.3, -0.25) is 4.79 Å². The fourth-order valence-corrected chi connectivity index (χ4v) is 3.38. The Labute approximate surface area is 175 Å². The van der Waals surface area contributed by atoms with Crippen molar-refractivity contribution in [1.29, 1.82) is 0 Å². The molecule has 1 amide bonds. The first-order valence-corrected chi connectivity index (χ1v) is 10.2. The molecule has 0 saturated heterocycles. The zero-order chi connectivity index (χ0) is 20.9. The quantitative estimate of drug-likeness (QED) is 0.577. The molecule has 0 aliphatic heterocycles. The number of carbonyl (C=O) groups is 1. The second kappa shape index (κ2) is 9.17. The fourth-order valence-electron chi connectivity index (χ4n) is 3.38. The third-order valence-electron chi connectivity index (χ3n) is 5.16. The van der Waals surface area contributed by atoms with Crippen LogP contribution in [0.4, 0.5) is 15.9 Å². The molecule has 2 aromatic carbocycles. The summed E-state index contributed by atoms with van der Waals surface area (Å²) in [5.74, 6) is 1.41. The molecule has 1 aliphatic rings. The number of hydrogen-bond acceptors (Lipinski definition) is 5. The van der Waals surface area contributed by atoms with Gasteiger partial charge < -0.3 is 15.0 Å². The summed E-state index contributed by atoms with van der Waals surface area (Å²) < 4.78 is 19.1. The Morgan fingerprint density at radius 1 is 1.13 bits per heavy atom. The number of aromatic nitrogens is 2. The molecule has 1 saturated carbocycles. The topological polar surface area (TPSA) is 67.3 Å². The first-order chi connectivity index (χ1) is 14.7. The molecule has 4 rings (SSSR count). The molecule has 3 aromatic rings. The van der Waals surface area contributed by atoms with E-state index in [1.807, 2.05) is 24.3 Å². The monoisotopic (exact) mass is 408 g/mol. The summed E-state index contributed by atoms with van der Waals surface area (Å²) >= 11 is 0. The molecule has 1 N–H and O–H groups in total. The van der Waals surface area contributed by atoms with Crippen LogP contribution in [0.15, 0.2) is 48.5 Å². The number of fused-ring (bicyclic) bond motifs is 1. The van der Waals surface area contributed by atoms with E-state index in [-0.39, 0.29) is 18.0 Å². The number of methoxy groups -OCH3 is 1. The van der Waals surface area contributed by atoms with Crippen LogP contribution in [0, 0.1) is 5.82 Å². The minimum atomic E-state index is -0.446. The predicted molar refractivity (Wildman–Crippen MR) is 115 cm³/mol. The minimum Gasteiger partial charge on any atom is -0.383 e. The zero-order valence-electron chi connectivity index (χ0n) is 17.0. The van der Waals surface area contributed by atoms with E-state index in [0.717, 1.165) is 35.4 Å². The van der Waals surface area contributed by atoms with Crippen LogP contribution >= 0.6 is 0 Å². The number of halogens is 1. The summed E-state index contributed by atoms with van der Waals surface area (Å²) in [7, 11) is 1.65. The van der Waals surface area contributed by atoms with Gasteiger partial charge in [0.2, 0.25) is 5.91 Å². The highest BCUT2D eigenvalue weighted by Crippen LogP contribution is 2.39. The summed E-state index contributed by atoms with van der Waals surface area (Å²) in [6, 6.07) is 14.1. The smallest absolute Gasteiger partial charge is 0.226 e. The molecule has 0 bridgehead atoms. The summed E-state index contributed by atoms with van der Waals surface area (Å²) in [6.45, 7) is 1.54. The first kappa shape index (κ1) is 20.2. The average molecular weight is 408 g/mol. The van der Waals surface area contributed by atoms with Gasteiger partial charge in [0.05, 0.1) is 17.8 Å². The number of amides is 1. The number of hydrogen-bond donors (Lipinski definition) is 1. The summed E-state index contributed by atoms with van der Waals surface area (Å²) in [5, 5.41) is 3.60. The Kier molecular flexibility index (Phi) is 6.18. The molecule has 1 heterocycles. The molecule has 0 spiro atoms. The lowest BCUT2D eigenvalue weighted by molar-refractivity contribution is -0.116. The lowest BCUT2D eigenvalue weighted by Crippen LogP contribution is -2.32. The van der Waals surface area contributed by atoms with Crippen molar-refractivity contribution in [2.75, 3.05) is 37.0 Å². The van der Waals surface area contributed by atoms with Crippen LogP contribution in [0.1, 0.15) is 31.0 Å². The number of carbonyl (C=O) groups excluding carboxylic acids is 1. The van der Waals surface area contributed by atoms with Crippen LogP contribution < -0.4 is 10.2 Å². The van der Waals surface area contributed by atoms with E-state index >= 15 is 0 Å². The van der Waals surface area contributed by atoms with Gasteiger partial charge in [-0.05, 0) is 37.1 Å². The lowest BCUT2D eigenvalue weighted by atomic mass is 10.2. The van der Waals surface area contributed by atoms with Crippen molar-refractivity contribution in [2.24, 2.45) is 0 Å². The summed E-state index contributed by atoms with van der Waals surface area (Å²) in [5.41, 5.74) is 1.09. The van der Waals surface area contributed by atoms with Crippen molar-refractivity contribution < 1.29 is 13.9 Å². The van der Waals surface area contributed by atoms with Crippen molar-refractivity contribution in [3.8, 4) is 0 Å². The minimum absolute atomic E-state index is 0.189. The maximum Gasteiger partial charge on any atom is 0.226 e. The van der Waals surface area contributed by atoms with Crippen LogP contribution in [0.25, 0.3) is 10.9 Å². The first-order valence-electron chi connectivity index (χ1n) is 10.2. The van der Waals surface area contributed by atoms with Gasteiger partial charge in [0.1, 0.15) is 17.5 Å². The van der Waals surface area contributed by atoms with Gasteiger partial charge in [0.25, 0.3) is 0 Å². The molecule has 1 aromatic heterocycles. The largest absolute Gasteiger partial charge is 0.383 e. The molecular weight excluding hydrogens is 383 g/mol. The number of para-hydroxylation sites is 2. The van der Waals surface area contributed by atoms with Gasteiger partial charge in [-0.1, -0.05) is 24.3 Å². The summed E-state index contributed by atoms with van der Waals surface area (Å²) in [6.07, 6.45) is 2.43. The molecule has 0 radical (unpaired) electrons. The maximum atomic E-state index is 13.8. The lowest BCUT2D eigenvalue weighted by Gasteiger charge is -2.25. The van der Waals surface area contributed by atoms with Crippen molar-refractivity contribution in [3.63, 3.8) is 0 Å². The molecule has 7 heteroatoms. The van der Waals surface area contributed by atoms with Crippen LogP contribution in [0.2, 0.25) is 0 Å². The highest BCUT2D eigenvalue weighted by molar-refractivity contribution is 5.92. The van der Waals surface area contributed by atoms with E-state index in [2.05, 4.69) is 10.2 Å². The molecule has 6 nitrogen and oxygen atoms in total. The molecule has 1 aliphatic carbocycles. The standard InChI is InChI=1S/C23H25FN4O2/c1-30-15-14-28(13-12-21(29)25-20-9-5-3-7-18(20)24)23-17-6-2-4-8-19(17)26-22(27-23)16-10-11-16/h2-9,16H,10-15H2,1H3,(H,25,29). The summed E-state index contributed by atoms with van der Waals surface area (Å²) in [4.78, 5) is 24.1. The zero-order valence-corrected chi connectivity index (χ0v) is 17.0. The van der Waals surface area contributed by atoms with Crippen molar-refractivity contribution in [1.82, 2.24) is 9.97 Å². The number of nitrogens with zero attached hydrogens (tertiary/aromatic N) is 3. The highest BCUT2D eigenvalue weighted by Gasteiger charge is 2.28. The van der Waals surface area contributed by atoms with E-state index in [9.17, 15) is 9.18 Å². The van der Waals surface area contributed by atoms with Crippen LogP contribution in [0.3, 0.4) is 0 Å². The van der Waals surface area contributed by atoms with E-state index in [1.165, 1.54) is 6.07 Å². The number of nitrogens with one attached hydrogen (secondary N) is 1. The Morgan fingerprint density at radius 2 is 1.90 bits per heavy atom. The molecule has 0 unspecified atom stereocenters. The SMILES string of the molecule is COCCN(CCC(=O)Nc1ccccc1F)c1nc(C2CC2)nc2ccccc12. The van der Waals surface area contributed by atoms with Gasteiger partial charge >= 0.3 is 0 Å². The Balaban J connectivity index is 1.55. The van der Waals surface area contributed by atoms with Gasteiger partial charge in [-0.25, -0.2) is 14.4 Å². The Morgan fingerprint density at radius 3 is 2.67 bits per heavy atom. The van der Waals surface area contributed by atoms with Crippen LogP contribution in [0.5, 0.6) is 0 Å². The number of rotatable bonds is 9. The van der Waals surface area contributed by atoms with Crippen molar-refractivity contribution in [3.05, 3.63) is 60.2 Å². The Bertz CT molecular complexity index is 1040. The second-order valence-electron chi connectivity index (χ2n) is 7.45. The molecule has 30 heavy (non-hydrogen) atoms. The number of ether oxygens (including phenoxy) is 1. The molecular formula is C23H25FN4O2. The van der Waals surface area contributed by atoms with E-state index < -0.39 is 5.82 Å². The Hall–Kier alpha value is -3.06. The number of benzene rings is 2. The van der Waals surface area contributed by atoms with Crippen LogP contribution in [-0.4, -0.2) is 42.7 Å². The van der Waals surface area contributed by atoms with Gasteiger partial charge in [-0.15, -0.1) is 0 Å². The average Bonchev–Trinajstić information content (AvgIpc) is 3.60. The molecule has 0 atom stereocenters. The molecule has 1 fully saturated rings. The van der Waals surface area contributed by atoms with Gasteiger partial charge in [0, 0.05) is 37.9 Å². The van der Waals surface area contributed by atoms with Crippen molar-refractivity contribution >= 4 is 28.3 Å². The van der Waals surface area contributed by atoms with Crippen molar-refractivity contribution in [2.45, 2.75) is 25.2 Å². The third kappa shape index (κ3) is 4.74. The highest BCUT2D eigenvalue weighted by atomic mass is 19.1. The van der Waals surface area contributed by atoms with Gasteiger partial charge in [0.15, 0.2) is 0 Å². The second-order valence-corrected chi connectivity index (χ2v) is 7.45. The predicted octanol–water partition coefficient (Wildman–Crippen LogP) is 4.13. The normalized spacial score (nSPS) is 13.4. The fraction of sp³-hybridized carbons (Fsp3) is 0.348. The van der Waals surface area contributed by atoms with E-state index in [1.54, 1.807) is 25.3 Å². The van der Waals surface area contributed by atoms with Crippen LogP contribution in [-0.2, 0) is 9.53 Å². The third-order valence-corrected chi connectivity index (χ3v) is 5.16. The van der Waals surface area contributed by atoms with E-state index in [4.69, 9.17) is 14.7 Å². The van der Waals surface area contributed by atoms with E-state index in [0.29, 0.717) is 25.6 Å². The maximum absolute atomic E-state index is 13.8. The molecule has 156 valence electrons. The van der Waals surface area contributed by atoms with Gasteiger partial charge in [-0.2, -0.15) is 0 Å². The number of anilines is 2.